The van der Waals surface area contributed by atoms with Crippen molar-refractivity contribution >= 4 is 30.1 Å². The summed E-state index contributed by atoms with van der Waals surface area (Å²) in [6.45, 7) is 4.17. The second-order valence-corrected chi connectivity index (χ2v) is 4.96. The van der Waals surface area contributed by atoms with Crippen LogP contribution in [0.15, 0.2) is 23.1 Å². The highest BCUT2D eigenvalue weighted by Gasteiger charge is 2.14. The first kappa shape index (κ1) is 14.4. The molecule has 94 valence electrons. The zero-order chi connectivity index (χ0) is 12.8. The number of carbonyl (C=O) groups excluding carboxylic acids is 1. The summed E-state index contributed by atoms with van der Waals surface area (Å²) in [5.74, 6) is -0.119. The van der Waals surface area contributed by atoms with Gasteiger partial charge >= 0.3 is 0 Å². The highest BCUT2D eigenvalue weighted by Crippen LogP contribution is 2.20. The molecule has 1 amide bonds. The Labute approximate surface area is 113 Å². The molecule has 4 heteroatoms. The van der Waals surface area contributed by atoms with Crippen LogP contribution < -0.4 is 5.32 Å². The van der Waals surface area contributed by atoms with Crippen LogP contribution in [-0.2, 0) is 0 Å². The molecule has 2 nitrogen and oxygen atoms in total. The number of hydrogen-bond donors (Lipinski definition) is 2. The van der Waals surface area contributed by atoms with E-state index in [4.69, 9.17) is 11.6 Å². The van der Waals surface area contributed by atoms with Crippen LogP contribution in [-0.4, -0.2) is 11.9 Å². The third kappa shape index (κ3) is 4.25. The SMILES string of the molecule is CCCC(CC)NC(=O)c1cc(S)ccc1Cl. The Kier molecular flexibility index (Phi) is 5.86. The molecule has 0 aliphatic heterocycles. The number of carbonyl (C=O) groups is 1. The van der Waals surface area contributed by atoms with E-state index in [9.17, 15) is 4.79 Å². The lowest BCUT2D eigenvalue weighted by atomic mass is 10.1. The zero-order valence-electron chi connectivity index (χ0n) is 10.2. The van der Waals surface area contributed by atoms with Crippen molar-refractivity contribution in [2.75, 3.05) is 0 Å². The minimum absolute atomic E-state index is 0.119. The topological polar surface area (TPSA) is 29.1 Å². The fraction of sp³-hybridized carbons (Fsp3) is 0.462. The Bertz CT molecular complexity index is 395. The normalized spacial score (nSPS) is 12.2. The van der Waals surface area contributed by atoms with Crippen molar-refractivity contribution in [3.8, 4) is 0 Å². The van der Waals surface area contributed by atoms with Crippen LogP contribution in [0.3, 0.4) is 0 Å². The average Bonchev–Trinajstić information content (AvgIpc) is 2.31. The molecule has 0 aliphatic carbocycles. The third-order valence-electron chi connectivity index (χ3n) is 2.66. The maximum Gasteiger partial charge on any atom is 0.253 e. The molecule has 1 aromatic rings. The predicted molar refractivity (Wildman–Crippen MR) is 75.2 cm³/mol. The number of halogens is 1. The Hall–Kier alpha value is -0.670. The third-order valence-corrected chi connectivity index (χ3v) is 3.27. The van der Waals surface area contributed by atoms with Gasteiger partial charge in [0, 0.05) is 10.9 Å². The van der Waals surface area contributed by atoms with E-state index in [0.29, 0.717) is 10.6 Å². The van der Waals surface area contributed by atoms with Crippen molar-refractivity contribution in [2.24, 2.45) is 0 Å². The van der Waals surface area contributed by atoms with Crippen LogP contribution in [0.5, 0.6) is 0 Å². The van der Waals surface area contributed by atoms with E-state index < -0.39 is 0 Å². The summed E-state index contributed by atoms with van der Waals surface area (Å²) >= 11 is 10.2. The first-order valence-electron chi connectivity index (χ1n) is 5.87. The van der Waals surface area contributed by atoms with Crippen LogP contribution in [0, 0.1) is 0 Å². The van der Waals surface area contributed by atoms with E-state index >= 15 is 0 Å². The molecule has 0 fully saturated rings. The molecule has 0 bridgehead atoms. The molecule has 0 aromatic heterocycles. The van der Waals surface area contributed by atoms with Crippen molar-refractivity contribution in [3.63, 3.8) is 0 Å². The molecule has 1 unspecified atom stereocenters. The molecule has 1 N–H and O–H groups in total. The molecule has 0 aliphatic rings. The number of benzene rings is 1. The molecule has 17 heavy (non-hydrogen) atoms. The van der Waals surface area contributed by atoms with Crippen molar-refractivity contribution in [1.29, 1.82) is 0 Å². The van der Waals surface area contributed by atoms with Gasteiger partial charge in [-0.15, -0.1) is 12.6 Å². The summed E-state index contributed by atoms with van der Waals surface area (Å²) in [6, 6.07) is 5.37. The molecule has 1 rings (SSSR count). The van der Waals surface area contributed by atoms with Gasteiger partial charge in [0.2, 0.25) is 0 Å². The van der Waals surface area contributed by atoms with Gasteiger partial charge in [0.15, 0.2) is 0 Å². The van der Waals surface area contributed by atoms with Gasteiger partial charge in [-0.3, -0.25) is 4.79 Å². The van der Waals surface area contributed by atoms with Crippen molar-refractivity contribution in [1.82, 2.24) is 5.32 Å². The molecule has 0 saturated carbocycles. The second-order valence-electron chi connectivity index (χ2n) is 4.03. The van der Waals surface area contributed by atoms with E-state index in [0.717, 1.165) is 24.2 Å². The number of amides is 1. The van der Waals surface area contributed by atoms with Crippen LogP contribution in [0.1, 0.15) is 43.5 Å². The minimum Gasteiger partial charge on any atom is -0.349 e. The fourth-order valence-electron chi connectivity index (χ4n) is 1.68. The second kappa shape index (κ2) is 6.92. The molecule has 1 atom stereocenters. The summed E-state index contributed by atoms with van der Waals surface area (Å²) in [4.78, 5) is 12.8. The van der Waals surface area contributed by atoms with Gasteiger partial charge in [-0.2, -0.15) is 0 Å². The lowest BCUT2D eigenvalue weighted by Crippen LogP contribution is -2.34. The van der Waals surface area contributed by atoms with Crippen molar-refractivity contribution in [2.45, 2.75) is 44.0 Å². The van der Waals surface area contributed by atoms with Gasteiger partial charge in [0.05, 0.1) is 10.6 Å². The Balaban J connectivity index is 2.78. The Morgan fingerprint density at radius 2 is 2.18 bits per heavy atom. The van der Waals surface area contributed by atoms with E-state index in [1.807, 2.05) is 0 Å². The largest absolute Gasteiger partial charge is 0.349 e. The summed E-state index contributed by atoms with van der Waals surface area (Å²) in [7, 11) is 0. The molecule has 1 aromatic carbocycles. The van der Waals surface area contributed by atoms with E-state index in [1.54, 1.807) is 18.2 Å². The number of thiol groups is 1. The number of rotatable bonds is 5. The fourth-order valence-corrected chi connectivity index (χ4v) is 2.08. The van der Waals surface area contributed by atoms with Gasteiger partial charge in [0.1, 0.15) is 0 Å². The Morgan fingerprint density at radius 3 is 2.76 bits per heavy atom. The van der Waals surface area contributed by atoms with Crippen molar-refractivity contribution < 1.29 is 4.79 Å². The molecule has 0 spiro atoms. The lowest BCUT2D eigenvalue weighted by Gasteiger charge is -2.16. The molecular weight excluding hydrogens is 254 g/mol. The van der Waals surface area contributed by atoms with Crippen LogP contribution in [0.25, 0.3) is 0 Å². The first-order valence-corrected chi connectivity index (χ1v) is 6.70. The minimum atomic E-state index is -0.119. The molecule has 0 saturated heterocycles. The number of hydrogen-bond acceptors (Lipinski definition) is 2. The van der Waals surface area contributed by atoms with Crippen molar-refractivity contribution in [3.05, 3.63) is 28.8 Å². The maximum absolute atomic E-state index is 12.0. The molecular formula is C13H18ClNOS. The summed E-state index contributed by atoms with van der Waals surface area (Å²) in [6.07, 6.45) is 2.97. The first-order chi connectivity index (χ1) is 8.08. The average molecular weight is 272 g/mol. The quantitative estimate of drug-likeness (QED) is 0.781. The van der Waals surface area contributed by atoms with Gasteiger partial charge < -0.3 is 5.32 Å². The predicted octanol–water partition coefficient (Wildman–Crippen LogP) is 3.94. The standard InChI is InChI=1S/C13H18ClNOS/c1-3-5-9(4-2)15-13(16)11-8-10(17)6-7-12(11)14/h6-9,17H,3-5H2,1-2H3,(H,15,16). The lowest BCUT2D eigenvalue weighted by molar-refractivity contribution is 0.0933. The van der Waals surface area contributed by atoms with E-state index in [1.165, 1.54) is 0 Å². The summed E-state index contributed by atoms with van der Waals surface area (Å²) in [5.41, 5.74) is 0.494. The monoisotopic (exact) mass is 271 g/mol. The highest BCUT2D eigenvalue weighted by molar-refractivity contribution is 7.80. The number of nitrogens with one attached hydrogen (secondary N) is 1. The summed E-state index contributed by atoms with van der Waals surface area (Å²) < 4.78 is 0. The zero-order valence-corrected chi connectivity index (χ0v) is 11.8. The van der Waals surface area contributed by atoms with Gasteiger partial charge in [-0.05, 0) is 31.0 Å². The van der Waals surface area contributed by atoms with Gasteiger partial charge in [0.25, 0.3) is 5.91 Å². The van der Waals surface area contributed by atoms with Crippen LogP contribution in [0.4, 0.5) is 0 Å². The smallest absolute Gasteiger partial charge is 0.253 e. The van der Waals surface area contributed by atoms with Crippen LogP contribution >= 0.6 is 24.2 Å². The summed E-state index contributed by atoms with van der Waals surface area (Å²) in [5, 5.41) is 3.46. The van der Waals surface area contributed by atoms with E-state index in [2.05, 4.69) is 31.8 Å². The van der Waals surface area contributed by atoms with E-state index in [-0.39, 0.29) is 11.9 Å². The molecule has 0 heterocycles. The van der Waals surface area contributed by atoms with Gasteiger partial charge in [-0.1, -0.05) is 31.9 Å². The van der Waals surface area contributed by atoms with Gasteiger partial charge in [-0.25, -0.2) is 0 Å². The molecule has 0 radical (unpaired) electrons. The van der Waals surface area contributed by atoms with Crippen LogP contribution in [0.2, 0.25) is 5.02 Å². The maximum atomic E-state index is 12.0. The highest BCUT2D eigenvalue weighted by atomic mass is 35.5. The Morgan fingerprint density at radius 1 is 1.47 bits per heavy atom.